The number of halogens is 2. The molecule has 0 saturated heterocycles. The van der Waals surface area contributed by atoms with Gasteiger partial charge in [0.05, 0.1) is 16.7 Å². The first-order chi connectivity index (χ1) is 13.0. The van der Waals surface area contributed by atoms with Crippen LogP contribution < -0.4 is 10.6 Å². The molecule has 1 aromatic carbocycles. The molecule has 3 aromatic rings. The van der Waals surface area contributed by atoms with Crippen molar-refractivity contribution in [2.24, 2.45) is 0 Å². The topological polar surface area (TPSA) is 59.7 Å². The highest BCUT2D eigenvalue weighted by Crippen LogP contribution is 2.21. The Kier molecular flexibility index (Phi) is 6.22. The largest absolute Gasteiger partial charge is 0.358 e. The predicted molar refractivity (Wildman–Crippen MR) is 111 cm³/mol. The molecule has 0 amide bonds. The molecular weight excluding hydrogens is 431 g/mol. The van der Waals surface area contributed by atoms with Gasteiger partial charge in [-0.3, -0.25) is 9.36 Å². The van der Waals surface area contributed by atoms with E-state index in [4.69, 9.17) is 12.2 Å². The van der Waals surface area contributed by atoms with E-state index < -0.39 is 0 Å². The van der Waals surface area contributed by atoms with E-state index in [1.165, 1.54) is 6.07 Å². The number of rotatable bonds is 6. The summed E-state index contributed by atoms with van der Waals surface area (Å²) in [6.45, 7) is 5.76. The van der Waals surface area contributed by atoms with Crippen molar-refractivity contribution in [3.05, 3.63) is 63.8 Å². The second-order valence-electron chi connectivity index (χ2n) is 6.02. The van der Waals surface area contributed by atoms with Crippen LogP contribution in [0, 0.1) is 12.7 Å². The summed E-state index contributed by atoms with van der Waals surface area (Å²) in [5.74, 6) is 0.323. The third kappa shape index (κ3) is 4.92. The zero-order chi connectivity index (χ0) is 19.4. The van der Waals surface area contributed by atoms with Gasteiger partial charge in [0.25, 0.3) is 0 Å². The van der Waals surface area contributed by atoms with E-state index in [-0.39, 0.29) is 5.82 Å². The van der Waals surface area contributed by atoms with Crippen molar-refractivity contribution in [3.8, 4) is 0 Å². The summed E-state index contributed by atoms with van der Waals surface area (Å²) in [5, 5.41) is 15.5. The van der Waals surface area contributed by atoms with Gasteiger partial charge in [0.15, 0.2) is 10.9 Å². The van der Waals surface area contributed by atoms with Crippen LogP contribution in [0.5, 0.6) is 0 Å². The molecule has 0 saturated carbocycles. The SMILES string of the molecule is CCn1cc(CNC(=S)Nc2nn(Cc3ccccc3F)cc2Br)c(C)n1. The van der Waals surface area contributed by atoms with Gasteiger partial charge < -0.3 is 10.6 Å². The van der Waals surface area contributed by atoms with Crippen molar-refractivity contribution in [1.29, 1.82) is 0 Å². The van der Waals surface area contributed by atoms with E-state index >= 15 is 0 Å². The Hall–Kier alpha value is -2.26. The number of hydrogen-bond acceptors (Lipinski definition) is 3. The average molecular weight is 451 g/mol. The maximum absolute atomic E-state index is 13.8. The van der Waals surface area contributed by atoms with E-state index in [2.05, 4.69) is 36.8 Å². The van der Waals surface area contributed by atoms with Crippen LogP contribution in [0.25, 0.3) is 0 Å². The molecule has 2 aromatic heterocycles. The summed E-state index contributed by atoms with van der Waals surface area (Å²) in [4.78, 5) is 0. The average Bonchev–Trinajstić information content (AvgIpc) is 3.17. The lowest BCUT2D eigenvalue weighted by Gasteiger charge is -2.08. The van der Waals surface area contributed by atoms with Gasteiger partial charge >= 0.3 is 0 Å². The Morgan fingerprint density at radius 2 is 1.96 bits per heavy atom. The van der Waals surface area contributed by atoms with E-state index in [1.807, 2.05) is 24.7 Å². The molecule has 27 heavy (non-hydrogen) atoms. The fraction of sp³-hybridized carbons (Fsp3) is 0.278. The minimum Gasteiger partial charge on any atom is -0.358 e. The number of nitrogens with zero attached hydrogens (tertiary/aromatic N) is 4. The number of benzene rings is 1. The number of thiocarbonyl (C=S) groups is 1. The Bertz CT molecular complexity index is 951. The molecule has 0 aliphatic carbocycles. The monoisotopic (exact) mass is 450 g/mol. The number of anilines is 1. The lowest BCUT2D eigenvalue weighted by atomic mass is 10.2. The van der Waals surface area contributed by atoms with Crippen LogP contribution in [0.3, 0.4) is 0 Å². The van der Waals surface area contributed by atoms with Gasteiger partial charge in [-0.1, -0.05) is 18.2 Å². The molecule has 0 fully saturated rings. The second kappa shape index (κ2) is 8.62. The van der Waals surface area contributed by atoms with Gasteiger partial charge in [-0.15, -0.1) is 0 Å². The van der Waals surface area contributed by atoms with Gasteiger partial charge in [-0.05, 0) is 48.1 Å². The molecule has 0 radical (unpaired) electrons. The maximum Gasteiger partial charge on any atom is 0.172 e. The molecule has 9 heteroatoms. The summed E-state index contributed by atoms with van der Waals surface area (Å²) in [7, 11) is 0. The molecule has 2 heterocycles. The zero-order valence-corrected chi connectivity index (χ0v) is 17.4. The van der Waals surface area contributed by atoms with E-state index in [1.54, 1.807) is 29.1 Å². The standard InChI is InChI=1S/C18H20BrFN6S/c1-3-25-10-14(12(2)23-25)8-21-18(27)22-17-15(19)11-26(24-17)9-13-6-4-5-7-16(13)20/h4-7,10-11H,3,8-9H2,1-2H3,(H2,21,22,24,27). The van der Waals surface area contributed by atoms with Crippen molar-refractivity contribution in [1.82, 2.24) is 24.9 Å². The predicted octanol–water partition coefficient (Wildman–Crippen LogP) is 3.84. The fourth-order valence-electron chi connectivity index (χ4n) is 2.59. The van der Waals surface area contributed by atoms with Crippen LogP contribution in [-0.2, 0) is 19.6 Å². The summed E-state index contributed by atoms with van der Waals surface area (Å²) >= 11 is 8.81. The summed E-state index contributed by atoms with van der Waals surface area (Å²) < 4.78 is 18.1. The summed E-state index contributed by atoms with van der Waals surface area (Å²) in [5.41, 5.74) is 2.64. The van der Waals surface area contributed by atoms with Crippen LogP contribution in [0.4, 0.5) is 10.2 Å². The van der Waals surface area contributed by atoms with Crippen LogP contribution in [0.1, 0.15) is 23.7 Å². The van der Waals surface area contributed by atoms with Crippen LogP contribution in [0.2, 0.25) is 0 Å². The first-order valence-electron chi connectivity index (χ1n) is 8.50. The van der Waals surface area contributed by atoms with Crippen LogP contribution in [-0.4, -0.2) is 24.7 Å². The van der Waals surface area contributed by atoms with Gasteiger partial charge in [-0.2, -0.15) is 10.2 Å². The summed E-state index contributed by atoms with van der Waals surface area (Å²) in [6.07, 6.45) is 3.79. The third-order valence-electron chi connectivity index (χ3n) is 4.05. The second-order valence-corrected chi connectivity index (χ2v) is 7.28. The Morgan fingerprint density at radius 1 is 1.19 bits per heavy atom. The number of aryl methyl sites for hydroxylation is 2. The van der Waals surface area contributed by atoms with E-state index in [0.29, 0.717) is 29.6 Å². The smallest absolute Gasteiger partial charge is 0.172 e. The van der Waals surface area contributed by atoms with Crippen molar-refractivity contribution in [2.45, 2.75) is 33.5 Å². The highest BCUT2D eigenvalue weighted by Gasteiger charge is 2.11. The molecule has 0 atom stereocenters. The molecule has 0 aliphatic rings. The molecule has 2 N–H and O–H groups in total. The number of hydrogen-bond donors (Lipinski definition) is 2. The minimum atomic E-state index is -0.251. The zero-order valence-electron chi connectivity index (χ0n) is 15.0. The molecule has 3 rings (SSSR count). The highest BCUT2D eigenvalue weighted by molar-refractivity contribution is 9.10. The van der Waals surface area contributed by atoms with Crippen molar-refractivity contribution >= 4 is 39.1 Å². The van der Waals surface area contributed by atoms with Gasteiger partial charge in [0.2, 0.25) is 0 Å². The molecule has 0 unspecified atom stereocenters. The van der Waals surface area contributed by atoms with Gasteiger partial charge in [-0.25, -0.2) is 4.39 Å². The first-order valence-corrected chi connectivity index (χ1v) is 9.70. The Labute approximate surface area is 170 Å². The van der Waals surface area contributed by atoms with Crippen molar-refractivity contribution in [2.75, 3.05) is 5.32 Å². The third-order valence-corrected chi connectivity index (χ3v) is 4.88. The lowest BCUT2D eigenvalue weighted by Crippen LogP contribution is -2.28. The fourth-order valence-corrected chi connectivity index (χ4v) is 3.17. The minimum absolute atomic E-state index is 0.251. The molecule has 6 nitrogen and oxygen atoms in total. The highest BCUT2D eigenvalue weighted by atomic mass is 79.9. The van der Waals surface area contributed by atoms with Crippen molar-refractivity contribution < 1.29 is 4.39 Å². The van der Waals surface area contributed by atoms with E-state index in [0.717, 1.165) is 22.3 Å². The molecule has 0 bridgehead atoms. The lowest BCUT2D eigenvalue weighted by molar-refractivity contribution is 0.585. The summed E-state index contributed by atoms with van der Waals surface area (Å²) in [6, 6.07) is 6.65. The first kappa shape index (κ1) is 19.5. The maximum atomic E-state index is 13.8. The van der Waals surface area contributed by atoms with E-state index in [9.17, 15) is 4.39 Å². The Balaban J connectivity index is 1.60. The van der Waals surface area contributed by atoms with Gasteiger partial charge in [0, 0.05) is 36.6 Å². The Morgan fingerprint density at radius 3 is 2.67 bits per heavy atom. The molecule has 0 aliphatic heterocycles. The van der Waals surface area contributed by atoms with Gasteiger partial charge in [0.1, 0.15) is 5.82 Å². The normalized spacial score (nSPS) is 10.8. The molecule has 142 valence electrons. The quantitative estimate of drug-likeness (QED) is 0.558. The molecule has 0 spiro atoms. The number of nitrogens with one attached hydrogen (secondary N) is 2. The number of aromatic nitrogens is 4. The molecular formula is C18H20BrFN6S. The van der Waals surface area contributed by atoms with Crippen LogP contribution >= 0.6 is 28.1 Å². The van der Waals surface area contributed by atoms with Crippen molar-refractivity contribution in [3.63, 3.8) is 0 Å². The van der Waals surface area contributed by atoms with Crippen LogP contribution in [0.15, 0.2) is 41.1 Å².